The number of amides is 2. The third kappa shape index (κ3) is 3.99. The standard InChI is InChI=1S/C13H20N2O2S/c16-11(10-5-2-1-3-6-10)9-14-13(17)15-12-7-4-8-18-12/h4,7-8,10-11,16H,1-3,5-6,9H2,(H2,14,15,17). The molecule has 2 rings (SSSR count). The molecule has 1 aromatic rings. The first kappa shape index (κ1) is 13.4. The van der Waals surface area contributed by atoms with Crippen LogP contribution in [0.4, 0.5) is 9.80 Å². The predicted molar refractivity (Wildman–Crippen MR) is 73.9 cm³/mol. The molecule has 4 nitrogen and oxygen atoms in total. The number of hydrogen-bond donors (Lipinski definition) is 3. The SMILES string of the molecule is O=C(NCC(O)C1CCCCC1)Nc1cccs1. The second-order valence-corrected chi connectivity index (χ2v) is 5.73. The zero-order chi connectivity index (χ0) is 12.8. The number of carbonyl (C=O) groups is 1. The minimum Gasteiger partial charge on any atom is -0.391 e. The van der Waals surface area contributed by atoms with Crippen molar-refractivity contribution in [1.82, 2.24) is 5.32 Å². The van der Waals surface area contributed by atoms with E-state index in [9.17, 15) is 9.90 Å². The molecule has 0 bridgehead atoms. The molecule has 1 aliphatic carbocycles. The van der Waals surface area contributed by atoms with Gasteiger partial charge >= 0.3 is 6.03 Å². The second-order valence-electron chi connectivity index (χ2n) is 4.78. The fourth-order valence-corrected chi connectivity index (χ4v) is 3.00. The van der Waals surface area contributed by atoms with E-state index < -0.39 is 6.10 Å². The molecule has 1 saturated carbocycles. The van der Waals surface area contributed by atoms with Crippen LogP contribution in [0.3, 0.4) is 0 Å². The molecule has 100 valence electrons. The lowest BCUT2D eigenvalue weighted by molar-refractivity contribution is 0.0863. The van der Waals surface area contributed by atoms with E-state index >= 15 is 0 Å². The van der Waals surface area contributed by atoms with E-state index in [0.29, 0.717) is 12.5 Å². The molecule has 1 heterocycles. The fraction of sp³-hybridized carbons (Fsp3) is 0.615. The number of aliphatic hydroxyl groups excluding tert-OH is 1. The lowest BCUT2D eigenvalue weighted by Crippen LogP contribution is -2.38. The van der Waals surface area contributed by atoms with E-state index in [0.717, 1.165) is 17.8 Å². The van der Waals surface area contributed by atoms with Gasteiger partial charge < -0.3 is 10.4 Å². The Morgan fingerprint density at radius 3 is 2.89 bits per heavy atom. The van der Waals surface area contributed by atoms with Gasteiger partial charge in [0.1, 0.15) is 0 Å². The Morgan fingerprint density at radius 2 is 2.22 bits per heavy atom. The summed E-state index contributed by atoms with van der Waals surface area (Å²) in [6.45, 7) is 0.335. The minimum absolute atomic E-state index is 0.243. The first-order valence-electron chi connectivity index (χ1n) is 6.52. The molecule has 0 saturated heterocycles. The molecule has 18 heavy (non-hydrogen) atoms. The number of nitrogens with one attached hydrogen (secondary N) is 2. The number of carbonyl (C=O) groups excluding carboxylic acids is 1. The van der Waals surface area contributed by atoms with E-state index in [2.05, 4.69) is 10.6 Å². The first-order chi connectivity index (χ1) is 8.75. The van der Waals surface area contributed by atoms with Crippen molar-refractivity contribution in [2.45, 2.75) is 38.2 Å². The van der Waals surface area contributed by atoms with Crippen molar-refractivity contribution in [3.8, 4) is 0 Å². The van der Waals surface area contributed by atoms with E-state index in [4.69, 9.17) is 0 Å². The van der Waals surface area contributed by atoms with Gasteiger partial charge in [-0.15, -0.1) is 11.3 Å². The highest BCUT2D eigenvalue weighted by atomic mass is 32.1. The van der Waals surface area contributed by atoms with Gasteiger partial charge in [-0.25, -0.2) is 4.79 Å². The number of anilines is 1. The zero-order valence-electron chi connectivity index (χ0n) is 10.4. The third-order valence-electron chi connectivity index (χ3n) is 3.42. The Bertz CT molecular complexity index is 361. The molecule has 0 aromatic carbocycles. The predicted octanol–water partition coefficient (Wildman–Crippen LogP) is 2.81. The molecule has 1 aromatic heterocycles. The molecule has 1 atom stereocenters. The summed E-state index contributed by atoms with van der Waals surface area (Å²) in [5, 5.41) is 18.2. The first-order valence-corrected chi connectivity index (χ1v) is 7.40. The van der Waals surface area contributed by atoms with Gasteiger partial charge in [0.15, 0.2) is 0 Å². The summed E-state index contributed by atoms with van der Waals surface area (Å²) in [6.07, 6.45) is 5.41. The van der Waals surface area contributed by atoms with Crippen molar-refractivity contribution in [3.05, 3.63) is 17.5 Å². The normalized spacial score (nSPS) is 18.3. The summed E-state index contributed by atoms with van der Waals surface area (Å²) in [7, 11) is 0. The van der Waals surface area contributed by atoms with Crippen LogP contribution in [0.25, 0.3) is 0 Å². The van der Waals surface area contributed by atoms with Crippen molar-refractivity contribution in [1.29, 1.82) is 0 Å². The molecule has 0 spiro atoms. The Labute approximate surface area is 111 Å². The highest BCUT2D eigenvalue weighted by Crippen LogP contribution is 2.26. The molecule has 5 heteroatoms. The summed E-state index contributed by atoms with van der Waals surface area (Å²) in [5.74, 6) is 0.348. The number of thiophene rings is 1. The number of rotatable bonds is 4. The van der Waals surface area contributed by atoms with E-state index in [1.165, 1.54) is 30.6 Å². The van der Waals surface area contributed by atoms with Crippen LogP contribution in [0.5, 0.6) is 0 Å². The number of urea groups is 1. The quantitative estimate of drug-likeness (QED) is 0.786. The van der Waals surface area contributed by atoms with Gasteiger partial charge in [0.25, 0.3) is 0 Å². The van der Waals surface area contributed by atoms with Crippen LogP contribution < -0.4 is 10.6 Å². The van der Waals surface area contributed by atoms with Gasteiger partial charge in [-0.3, -0.25) is 5.32 Å². The summed E-state index contributed by atoms with van der Waals surface area (Å²) in [6, 6.07) is 3.49. The van der Waals surface area contributed by atoms with Crippen LogP contribution >= 0.6 is 11.3 Å². The monoisotopic (exact) mass is 268 g/mol. The van der Waals surface area contributed by atoms with Crippen LogP contribution in [-0.2, 0) is 0 Å². The van der Waals surface area contributed by atoms with Crippen LogP contribution in [0.15, 0.2) is 17.5 Å². The summed E-state index contributed by atoms with van der Waals surface area (Å²) in [5.41, 5.74) is 0. The third-order valence-corrected chi connectivity index (χ3v) is 4.21. The zero-order valence-corrected chi connectivity index (χ0v) is 11.2. The van der Waals surface area contributed by atoms with Gasteiger partial charge in [-0.1, -0.05) is 19.3 Å². The Kier molecular flexibility index (Phi) is 5.01. The maximum atomic E-state index is 11.6. The van der Waals surface area contributed by atoms with Crippen LogP contribution in [0, 0.1) is 5.92 Å². The van der Waals surface area contributed by atoms with Crippen molar-refractivity contribution >= 4 is 22.4 Å². The largest absolute Gasteiger partial charge is 0.391 e. The number of aliphatic hydroxyl groups is 1. The average molecular weight is 268 g/mol. The smallest absolute Gasteiger partial charge is 0.319 e. The summed E-state index contributed by atoms with van der Waals surface area (Å²) in [4.78, 5) is 11.6. The maximum absolute atomic E-state index is 11.6. The Balaban J connectivity index is 1.68. The van der Waals surface area contributed by atoms with E-state index in [1.54, 1.807) is 0 Å². The fourth-order valence-electron chi connectivity index (χ4n) is 2.39. The van der Waals surface area contributed by atoms with Gasteiger partial charge in [0.2, 0.25) is 0 Å². The Hall–Kier alpha value is -1.07. The molecule has 3 N–H and O–H groups in total. The lowest BCUT2D eigenvalue weighted by Gasteiger charge is -2.26. The van der Waals surface area contributed by atoms with Crippen molar-refractivity contribution in [2.24, 2.45) is 5.92 Å². The topological polar surface area (TPSA) is 61.4 Å². The summed E-state index contributed by atoms with van der Waals surface area (Å²) < 4.78 is 0. The second kappa shape index (κ2) is 6.75. The minimum atomic E-state index is -0.417. The van der Waals surface area contributed by atoms with Gasteiger partial charge in [-0.2, -0.15) is 0 Å². The molecular weight excluding hydrogens is 248 g/mol. The van der Waals surface area contributed by atoms with Crippen molar-refractivity contribution in [3.63, 3.8) is 0 Å². The van der Waals surface area contributed by atoms with Crippen molar-refractivity contribution in [2.75, 3.05) is 11.9 Å². The molecule has 1 unspecified atom stereocenters. The van der Waals surface area contributed by atoms with Gasteiger partial charge in [-0.05, 0) is 36.3 Å². The van der Waals surface area contributed by atoms with Gasteiger partial charge in [0.05, 0.1) is 11.1 Å². The van der Waals surface area contributed by atoms with E-state index in [-0.39, 0.29) is 6.03 Å². The lowest BCUT2D eigenvalue weighted by atomic mass is 9.85. The van der Waals surface area contributed by atoms with Crippen molar-refractivity contribution < 1.29 is 9.90 Å². The molecule has 0 aliphatic heterocycles. The molecular formula is C13H20N2O2S. The van der Waals surface area contributed by atoms with Crippen LogP contribution in [0.2, 0.25) is 0 Å². The highest BCUT2D eigenvalue weighted by molar-refractivity contribution is 7.14. The van der Waals surface area contributed by atoms with Crippen LogP contribution in [0.1, 0.15) is 32.1 Å². The highest BCUT2D eigenvalue weighted by Gasteiger charge is 2.21. The van der Waals surface area contributed by atoms with Gasteiger partial charge in [0, 0.05) is 6.54 Å². The van der Waals surface area contributed by atoms with Crippen LogP contribution in [-0.4, -0.2) is 23.8 Å². The summed E-state index contributed by atoms with van der Waals surface area (Å²) >= 11 is 1.48. The maximum Gasteiger partial charge on any atom is 0.319 e. The molecule has 0 radical (unpaired) electrons. The molecule has 1 fully saturated rings. The number of hydrogen-bond acceptors (Lipinski definition) is 3. The molecule has 1 aliphatic rings. The Morgan fingerprint density at radius 1 is 1.44 bits per heavy atom. The average Bonchev–Trinajstić information content (AvgIpc) is 2.90. The van der Waals surface area contributed by atoms with E-state index in [1.807, 2.05) is 17.5 Å². The molecule has 2 amide bonds.